The Balaban J connectivity index is 0.000000284. The summed E-state index contributed by atoms with van der Waals surface area (Å²) in [7, 11) is 0. The van der Waals surface area contributed by atoms with Gasteiger partial charge in [-0.15, -0.1) is 5.69 Å². The summed E-state index contributed by atoms with van der Waals surface area (Å²) in [5.41, 5.74) is 28.0. The van der Waals surface area contributed by atoms with Gasteiger partial charge < -0.3 is 22.9 Å². The third kappa shape index (κ3) is 5.13. The zero-order valence-electron chi connectivity index (χ0n) is 9.01. The molecule has 2 aromatic rings. The van der Waals surface area contributed by atoms with Crippen LogP contribution in [-0.4, -0.2) is 0 Å². The van der Waals surface area contributed by atoms with Gasteiger partial charge in [-0.2, -0.15) is 11.4 Å². The van der Waals surface area contributed by atoms with E-state index in [0.29, 0.717) is 11.4 Å². The van der Waals surface area contributed by atoms with Crippen molar-refractivity contribution in [3.8, 4) is 0 Å². The molecule has 0 spiro atoms. The number of nitrogens with two attached hydrogens (primary N) is 1. The molecule has 0 aliphatic carbocycles. The minimum atomic E-state index is 0. The SMILES string of the molecule is [NH-]c1ccccc1N.[NH-]c1ccccc1[NH-].[Ni+3]. The summed E-state index contributed by atoms with van der Waals surface area (Å²) >= 11 is 0. The van der Waals surface area contributed by atoms with Gasteiger partial charge in [0.2, 0.25) is 0 Å². The maximum atomic E-state index is 7.09. The molecule has 5 heteroatoms. The zero-order valence-corrected chi connectivity index (χ0v) is 10.00. The Hall–Kier alpha value is -1.87. The predicted octanol–water partition coefficient (Wildman–Crippen LogP) is 5.00. The summed E-state index contributed by atoms with van der Waals surface area (Å²) in [4.78, 5) is 0. The summed E-state index contributed by atoms with van der Waals surface area (Å²) in [5, 5.41) is 0. The summed E-state index contributed by atoms with van der Waals surface area (Å²) in [5.74, 6) is 0. The number of rotatable bonds is 0. The second-order valence-electron chi connectivity index (χ2n) is 3.13. The average Bonchev–Trinajstić information content (AvgIpc) is 2.28. The molecule has 0 bridgehead atoms. The van der Waals surface area contributed by atoms with E-state index >= 15 is 0 Å². The summed E-state index contributed by atoms with van der Waals surface area (Å²) < 4.78 is 0. The van der Waals surface area contributed by atoms with E-state index in [4.69, 9.17) is 22.9 Å². The Morgan fingerprint density at radius 1 is 0.647 bits per heavy atom. The van der Waals surface area contributed by atoms with Crippen molar-refractivity contribution in [2.75, 3.05) is 5.73 Å². The van der Waals surface area contributed by atoms with E-state index in [9.17, 15) is 0 Å². The molecule has 17 heavy (non-hydrogen) atoms. The molecule has 0 fully saturated rings. The predicted molar refractivity (Wildman–Crippen MR) is 69.2 cm³/mol. The molecule has 0 aromatic heterocycles. The van der Waals surface area contributed by atoms with E-state index < -0.39 is 0 Å². The first-order valence-corrected chi connectivity index (χ1v) is 4.69. The van der Waals surface area contributed by atoms with Crippen molar-refractivity contribution in [2.24, 2.45) is 0 Å². The first-order chi connectivity index (χ1) is 7.61. The van der Waals surface area contributed by atoms with Crippen molar-refractivity contribution in [1.82, 2.24) is 0 Å². The maximum Gasteiger partial charge on any atom is 3.00 e. The quantitative estimate of drug-likeness (QED) is 0.529. The van der Waals surface area contributed by atoms with E-state index in [2.05, 4.69) is 0 Å². The molecule has 0 heterocycles. The average molecular weight is 272 g/mol. The zero-order chi connectivity index (χ0) is 12.0. The van der Waals surface area contributed by atoms with Crippen LogP contribution in [0.2, 0.25) is 0 Å². The second-order valence-corrected chi connectivity index (χ2v) is 3.13. The summed E-state index contributed by atoms with van der Waals surface area (Å²) in [6, 6.07) is 13.7. The Kier molecular flexibility index (Phi) is 6.60. The Morgan fingerprint density at radius 3 is 1.24 bits per heavy atom. The fourth-order valence-corrected chi connectivity index (χ4v) is 0.980. The fourth-order valence-electron chi connectivity index (χ4n) is 0.980. The van der Waals surface area contributed by atoms with Crippen LogP contribution < -0.4 is 5.73 Å². The molecule has 2 rings (SSSR count). The standard InChI is InChI=1S/C6H7N2.C6H6N2.Ni/c2*7-5-3-1-2-4-6(5)8;/h1-4,7H,8H2;1-4,7-8H;/q-1;-2;+3. The van der Waals surface area contributed by atoms with Gasteiger partial charge in [-0.3, -0.25) is 0 Å². The number of hydrogen-bond donors (Lipinski definition) is 1. The van der Waals surface area contributed by atoms with Crippen LogP contribution >= 0.6 is 0 Å². The third-order valence-electron chi connectivity index (χ3n) is 1.89. The number of benzene rings is 2. The van der Waals surface area contributed by atoms with Crippen LogP contribution in [0.1, 0.15) is 0 Å². The van der Waals surface area contributed by atoms with Gasteiger partial charge in [0.1, 0.15) is 0 Å². The van der Waals surface area contributed by atoms with E-state index in [0.717, 1.165) is 0 Å². The van der Waals surface area contributed by atoms with Crippen LogP contribution in [-0.2, 0) is 16.5 Å². The molecule has 0 aliphatic heterocycles. The van der Waals surface area contributed by atoms with Gasteiger partial charge in [-0.25, -0.2) is 0 Å². The molecule has 0 atom stereocenters. The van der Waals surface area contributed by atoms with Crippen molar-refractivity contribution >= 4 is 22.7 Å². The van der Waals surface area contributed by atoms with Gasteiger partial charge in [0.15, 0.2) is 0 Å². The van der Waals surface area contributed by atoms with Crippen molar-refractivity contribution in [3.05, 3.63) is 65.7 Å². The summed E-state index contributed by atoms with van der Waals surface area (Å²) in [6.45, 7) is 0. The van der Waals surface area contributed by atoms with E-state index in [1.807, 2.05) is 6.07 Å². The van der Waals surface area contributed by atoms with Crippen molar-refractivity contribution in [1.29, 1.82) is 0 Å². The van der Waals surface area contributed by atoms with Gasteiger partial charge in [0.05, 0.1) is 0 Å². The molecular weight excluding hydrogens is 259 g/mol. The first-order valence-electron chi connectivity index (χ1n) is 4.69. The number of hydrogen-bond acceptors (Lipinski definition) is 1. The molecule has 0 saturated heterocycles. The molecule has 0 amide bonds. The van der Waals surface area contributed by atoms with Crippen LogP contribution in [0.4, 0.5) is 22.7 Å². The Bertz CT molecular complexity index is 374. The van der Waals surface area contributed by atoms with Gasteiger partial charge >= 0.3 is 16.5 Å². The van der Waals surface area contributed by atoms with Gasteiger partial charge in [-0.05, 0) is 6.07 Å². The molecule has 0 saturated carbocycles. The molecule has 0 aliphatic rings. The fraction of sp³-hybridized carbons (Fsp3) is 0. The molecule has 4 nitrogen and oxygen atoms in total. The monoisotopic (exact) mass is 271 g/mol. The van der Waals surface area contributed by atoms with E-state index in [-0.39, 0.29) is 27.9 Å². The van der Waals surface area contributed by atoms with Crippen molar-refractivity contribution in [2.45, 2.75) is 0 Å². The molecule has 91 valence electrons. The Morgan fingerprint density at radius 2 is 1.00 bits per heavy atom. The number of anilines is 1. The van der Waals surface area contributed by atoms with Crippen LogP contribution in [0, 0.1) is 0 Å². The maximum absolute atomic E-state index is 7.09. The molecule has 2 aromatic carbocycles. The van der Waals surface area contributed by atoms with Crippen LogP contribution in [0.15, 0.2) is 48.5 Å². The number of nitrogens with one attached hydrogen (secondary N) is 3. The normalized spacial score (nSPS) is 8.47. The van der Waals surface area contributed by atoms with Crippen LogP contribution in [0.3, 0.4) is 0 Å². The second kappa shape index (κ2) is 7.41. The topological polar surface area (TPSA) is 97.4 Å². The van der Waals surface area contributed by atoms with Crippen molar-refractivity contribution < 1.29 is 16.5 Å². The van der Waals surface area contributed by atoms with E-state index in [1.54, 1.807) is 42.5 Å². The van der Waals surface area contributed by atoms with Gasteiger partial charge in [0, 0.05) is 5.69 Å². The van der Waals surface area contributed by atoms with E-state index in [1.165, 1.54) is 0 Å². The molecule has 5 N–H and O–H groups in total. The van der Waals surface area contributed by atoms with Gasteiger partial charge in [-0.1, -0.05) is 42.5 Å². The summed E-state index contributed by atoms with van der Waals surface area (Å²) in [6.07, 6.45) is 0. The molecule has 0 unspecified atom stereocenters. The Labute approximate surface area is 111 Å². The smallest absolute Gasteiger partial charge is 0.700 e. The number of nitrogen functional groups attached to an aromatic ring is 1. The minimum absolute atomic E-state index is 0. The van der Waals surface area contributed by atoms with Crippen molar-refractivity contribution in [3.63, 3.8) is 0 Å². The third-order valence-corrected chi connectivity index (χ3v) is 1.89. The van der Waals surface area contributed by atoms with Crippen LogP contribution in [0.25, 0.3) is 17.2 Å². The molecule has 1 radical (unpaired) electrons. The van der Waals surface area contributed by atoms with Gasteiger partial charge in [0.25, 0.3) is 0 Å². The molecular formula is C12H13N4Ni. The first kappa shape index (κ1) is 15.1. The van der Waals surface area contributed by atoms with Crippen LogP contribution in [0.5, 0.6) is 0 Å². The minimum Gasteiger partial charge on any atom is -0.700 e. The largest absolute Gasteiger partial charge is 3.00 e. The number of para-hydroxylation sites is 1.